The fourth-order valence-corrected chi connectivity index (χ4v) is 2.67. The smallest absolute Gasteiger partial charge is 0.171 e. The molecular formula is C14H13N3S. The molecule has 0 radical (unpaired) electrons. The van der Waals surface area contributed by atoms with Crippen LogP contribution >= 0.6 is 11.8 Å². The second-order valence-corrected chi connectivity index (χ2v) is 5.23. The standard InChI is InChI=1S/C14H13N3S/c1-9-6-7-11-12(8-9)17-14(16-11)18-13-5-3-2-4-10(13)15/h2-8H,15H2,1H3,(H,16,17). The maximum absolute atomic E-state index is 5.92. The highest BCUT2D eigenvalue weighted by atomic mass is 32.2. The van der Waals surface area contributed by atoms with Crippen LogP contribution in [0.25, 0.3) is 11.0 Å². The van der Waals surface area contributed by atoms with Crippen LogP contribution < -0.4 is 5.73 Å². The van der Waals surface area contributed by atoms with Crippen molar-refractivity contribution in [1.82, 2.24) is 9.97 Å². The SMILES string of the molecule is Cc1ccc2nc(Sc3ccccc3N)[nH]c2c1. The van der Waals surface area contributed by atoms with E-state index in [0.717, 1.165) is 26.8 Å². The van der Waals surface area contributed by atoms with E-state index >= 15 is 0 Å². The molecule has 3 rings (SSSR count). The second-order valence-electron chi connectivity index (χ2n) is 4.20. The van der Waals surface area contributed by atoms with E-state index in [4.69, 9.17) is 5.73 Å². The number of aromatic nitrogens is 2. The van der Waals surface area contributed by atoms with Gasteiger partial charge in [0.1, 0.15) is 0 Å². The quantitative estimate of drug-likeness (QED) is 0.688. The predicted octanol–water partition coefficient (Wildman–Crippen LogP) is 3.60. The third kappa shape index (κ3) is 2.07. The highest BCUT2D eigenvalue weighted by Crippen LogP contribution is 2.31. The second kappa shape index (κ2) is 4.38. The Bertz CT molecular complexity index is 703. The lowest BCUT2D eigenvalue weighted by Gasteiger charge is -2.01. The van der Waals surface area contributed by atoms with E-state index in [1.165, 1.54) is 5.56 Å². The van der Waals surface area contributed by atoms with Gasteiger partial charge in [-0.05, 0) is 48.5 Å². The number of H-pyrrole nitrogens is 1. The molecule has 0 spiro atoms. The van der Waals surface area contributed by atoms with Crippen molar-refractivity contribution in [3.05, 3.63) is 48.0 Å². The number of aryl methyl sites for hydroxylation is 1. The monoisotopic (exact) mass is 255 g/mol. The van der Waals surface area contributed by atoms with Gasteiger partial charge >= 0.3 is 0 Å². The first-order chi connectivity index (χ1) is 8.72. The van der Waals surface area contributed by atoms with Crippen molar-refractivity contribution in [2.75, 3.05) is 5.73 Å². The Balaban J connectivity index is 1.98. The largest absolute Gasteiger partial charge is 0.398 e. The number of hydrogen-bond donors (Lipinski definition) is 2. The van der Waals surface area contributed by atoms with Crippen LogP contribution in [-0.2, 0) is 0 Å². The van der Waals surface area contributed by atoms with Crippen LogP contribution in [0.3, 0.4) is 0 Å². The molecule has 0 aliphatic heterocycles. The minimum Gasteiger partial charge on any atom is -0.398 e. The highest BCUT2D eigenvalue weighted by molar-refractivity contribution is 7.99. The molecule has 0 aliphatic rings. The average Bonchev–Trinajstić information content (AvgIpc) is 2.73. The molecule has 0 atom stereocenters. The Morgan fingerprint density at radius 3 is 2.83 bits per heavy atom. The molecule has 0 saturated heterocycles. The lowest BCUT2D eigenvalue weighted by atomic mass is 10.2. The minimum atomic E-state index is 0.777. The summed E-state index contributed by atoms with van der Waals surface area (Å²) < 4.78 is 0. The van der Waals surface area contributed by atoms with Crippen LogP contribution in [0, 0.1) is 6.92 Å². The molecule has 0 bridgehead atoms. The fraction of sp³-hybridized carbons (Fsp3) is 0.0714. The van der Waals surface area contributed by atoms with Crippen LogP contribution in [-0.4, -0.2) is 9.97 Å². The van der Waals surface area contributed by atoms with Gasteiger partial charge in [-0.25, -0.2) is 4.98 Å². The summed E-state index contributed by atoms with van der Waals surface area (Å²) in [5, 5.41) is 0.869. The zero-order valence-corrected chi connectivity index (χ0v) is 10.8. The molecule has 2 aromatic carbocycles. The maximum Gasteiger partial charge on any atom is 0.171 e. The van der Waals surface area contributed by atoms with Crippen molar-refractivity contribution < 1.29 is 0 Å². The van der Waals surface area contributed by atoms with Crippen LogP contribution in [0.2, 0.25) is 0 Å². The van der Waals surface area contributed by atoms with E-state index in [9.17, 15) is 0 Å². The van der Waals surface area contributed by atoms with E-state index in [2.05, 4.69) is 29.0 Å². The summed E-state index contributed by atoms with van der Waals surface area (Å²) in [4.78, 5) is 8.87. The van der Waals surface area contributed by atoms with E-state index in [0.29, 0.717) is 0 Å². The number of para-hydroxylation sites is 1. The van der Waals surface area contributed by atoms with Gasteiger partial charge in [0.15, 0.2) is 5.16 Å². The van der Waals surface area contributed by atoms with Gasteiger partial charge in [0.05, 0.1) is 11.0 Å². The number of anilines is 1. The first kappa shape index (κ1) is 11.2. The Morgan fingerprint density at radius 2 is 2.00 bits per heavy atom. The summed E-state index contributed by atoms with van der Waals surface area (Å²) in [6.45, 7) is 2.07. The third-order valence-corrected chi connectivity index (χ3v) is 3.72. The average molecular weight is 255 g/mol. The molecule has 90 valence electrons. The van der Waals surface area contributed by atoms with Crippen molar-refractivity contribution in [2.45, 2.75) is 17.0 Å². The maximum atomic E-state index is 5.92. The molecule has 1 aromatic heterocycles. The van der Waals surface area contributed by atoms with E-state index in [1.54, 1.807) is 11.8 Å². The molecule has 0 saturated carbocycles. The Morgan fingerprint density at radius 1 is 1.17 bits per heavy atom. The van der Waals surface area contributed by atoms with Crippen LogP contribution in [0.1, 0.15) is 5.56 Å². The molecule has 0 amide bonds. The molecule has 0 aliphatic carbocycles. The van der Waals surface area contributed by atoms with E-state index in [1.807, 2.05) is 30.3 Å². The third-order valence-electron chi connectivity index (χ3n) is 2.74. The van der Waals surface area contributed by atoms with Gasteiger partial charge in [0, 0.05) is 10.6 Å². The number of aromatic amines is 1. The molecule has 3 nitrogen and oxygen atoms in total. The molecule has 3 aromatic rings. The number of nitrogens with one attached hydrogen (secondary N) is 1. The summed E-state index contributed by atoms with van der Waals surface area (Å²) in [6, 6.07) is 14.0. The number of fused-ring (bicyclic) bond motifs is 1. The van der Waals surface area contributed by atoms with Crippen molar-refractivity contribution in [1.29, 1.82) is 0 Å². The first-order valence-corrected chi connectivity index (χ1v) is 6.53. The number of rotatable bonds is 2. The molecule has 18 heavy (non-hydrogen) atoms. The van der Waals surface area contributed by atoms with Gasteiger partial charge < -0.3 is 10.7 Å². The number of benzene rings is 2. The Kier molecular flexibility index (Phi) is 2.72. The van der Waals surface area contributed by atoms with Crippen molar-refractivity contribution in [3.63, 3.8) is 0 Å². The zero-order valence-electron chi connectivity index (χ0n) is 9.97. The van der Waals surface area contributed by atoms with Crippen molar-refractivity contribution in [3.8, 4) is 0 Å². The van der Waals surface area contributed by atoms with Gasteiger partial charge in [-0.2, -0.15) is 0 Å². The summed E-state index contributed by atoms with van der Waals surface area (Å²) >= 11 is 1.55. The molecule has 4 heteroatoms. The van der Waals surface area contributed by atoms with Crippen LogP contribution in [0.5, 0.6) is 0 Å². The first-order valence-electron chi connectivity index (χ1n) is 5.71. The normalized spacial score (nSPS) is 10.9. The van der Waals surface area contributed by atoms with E-state index in [-0.39, 0.29) is 0 Å². The van der Waals surface area contributed by atoms with Gasteiger partial charge in [-0.1, -0.05) is 18.2 Å². The van der Waals surface area contributed by atoms with E-state index < -0.39 is 0 Å². The highest BCUT2D eigenvalue weighted by Gasteiger charge is 2.06. The summed E-state index contributed by atoms with van der Waals surface area (Å²) in [7, 11) is 0. The van der Waals surface area contributed by atoms with Crippen molar-refractivity contribution in [2.24, 2.45) is 0 Å². The topological polar surface area (TPSA) is 54.7 Å². The lowest BCUT2D eigenvalue weighted by molar-refractivity contribution is 1.08. The number of nitrogens with two attached hydrogens (primary N) is 1. The zero-order chi connectivity index (χ0) is 12.5. The van der Waals surface area contributed by atoms with Crippen LogP contribution in [0.15, 0.2) is 52.5 Å². The fourth-order valence-electron chi connectivity index (χ4n) is 1.83. The summed E-state index contributed by atoms with van der Waals surface area (Å²) in [6.07, 6.45) is 0. The van der Waals surface area contributed by atoms with Gasteiger partial charge in [0.25, 0.3) is 0 Å². The number of nitrogen functional groups attached to an aromatic ring is 1. The Hall–Kier alpha value is -1.94. The van der Waals surface area contributed by atoms with Crippen LogP contribution in [0.4, 0.5) is 5.69 Å². The number of imidazole rings is 1. The van der Waals surface area contributed by atoms with Gasteiger partial charge in [0.2, 0.25) is 0 Å². The number of nitrogens with zero attached hydrogens (tertiary/aromatic N) is 1. The predicted molar refractivity (Wildman–Crippen MR) is 75.8 cm³/mol. The molecule has 0 fully saturated rings. The minimum absolute atomic E-state index is 0.777. The number of hydrogen-bond acceptors (Lipinski definition) is 3. The van der Waals surface area contributed by atoms with Crippen molar-refractivity contribution >= 4 is 28.5 Å². The summed E-state index contributed by atoms with van der Waals surface area (Å²) in [5.41, 5.74) is 9.97. The molecule has 3 N–H and O–H groups in total. The molecular weight excluding hydrogens is 242 g/mol. The molecule has 1 heterocycles. The van der Waals surface area contributed by atoms with Gasteiger partial charge in [-0.15, -0.1) is 0 Å². The lowest BCUT2D eigenvalue weighted by Crippen LogP contribution is -1.87. The summed E-state index contributed by atoms with van der Waals surface area (Å²) in [5.74, 6) is 0. The molecule has 0 unspecified atom stereocenters. The Labute approximate surface area is 109 Å². The van der Waals surface area contributed by atoms with Gasteiger partial charge in [-0.3, -0.25) is 0 Å².